The number of ether oxygens (including phenoxy) is 1. The molecule has 1 saturated carbocycles. The summed E-state index contributed by atoms with van der Waals surface area (Å²) in [7, 11) is 1.77. The Kier molecular flexibility index (Phi) is 3.59. The molecule has 0 aliphatic heterocycles. The lowest BCUT2D eigenvalue weighted by Gasteiger charge is -2.40. The molecule has 1 aliphatic carbocycles. The molecule has 0 amide bonds. The molecule has 0 atom stereocenters. The quantitative estimate of drug-likeness (QED) is 0.780. The maximum atomic E-state index is 5.53. The normalized spacial score (nSPS) is 17.2. The van der Waals surface area contributed by atoms with Gasteiger partial charge in [0.25, 0.3) is 0 Å². The minimum Gasteiger partial charge on any atom is -0.389 e. The van der Waals surface area contributed by atoms with Gasteiger partial charge in [-0.25, -0.2) is 4.98 Å². The van der Waals surface area contributed by atoms with Crippen LogP contribution in [0.5, 0.6) is 0 Å². The summed E-state index contributed by atoms with van der Waals surface area (Å²) < 4.78 is 5.53. The predicted octanol–water partition coefficient (Wildman–Crippen LogP) is 1.70. The molecule has 2 rings (SSSR count). The van der Waals surface area contributed by atoms with Crippen LogP contribution in [-0.4, -0.2) is 29.2 Å². The average Bonchev–Trinajstić information content (AvgIpc) is 2.29. The van der Waals surface area contributed by atoms with Crippen LogP contribution >= 0.6 is 12.2 Å². The first-order chi connectivity index (χ1) is 8.15. The Labute approximate surface area is 107 Å². The summed E-state index contributed by atoms with van der Waals surface area (Å²) in [5.41, 5.74) is 6.30. The van der Waals surface area contributed by atoms with Gasteiger partial charge in [0.15, 0.2) is 0 Å². The fourth-order valence-electron chi connectivity index (χ4n) is 1.92. The van der Waals surface area contributed by atoms with Crippen LogP contribution in [0, 0.1) is 0 Å². The summed E-state index contributed by atoms with van der Waals surface area (Å²) in [6, 6.07) is 3.76. The van der Waals surface area contributed by atoms with Crippen LogP contribution in [0.25, 0.3) is 0 Å². The van der Waals surface area contributed by atoms with E-state index in [9.17, 15) is 0 Å². The lowest BCUT2D eigenvalue weighted by atomic mass is 9.80. The number of nitrogens with two attached hydrogens (primary N) is 1. The Morgan fingerprint density at radius 2 is 2.35 bits per heavy atom. The Bertz CT molecular complexity index is 395. The van der Waals surface area contributed by atoms with Crippen molar-refractivity contribution in [1.82, 2.24) is 4.98 Å². The van der Waals surface area contributed by atoms with Crippen LogP contribution < -0.4 is 11.1 Å². The molecule has 1 aromatic heterocycles. The number of methoxy groups -OCH3 is 1. The second-order valence-corrected chi connectivity index (χ2v) is 4.83. The second kappa shape index (κ2) is 4.98. The van der Waals surface area contributed by atoms with Crippen molar-refractivity contribution in [3.63, 3.8) is 0 Å². The summed E-state index contributed by atoms with van der Waals surface area (Å²) in [5, 5.41) is 3.28. The van der Waals surface area contributed by atoms with Crippen molar-refractivity contribution in [3.8, 4) is 0 Å². The molecule has 5 heteroatoms. The molecule has 3 N–H and O–H groups in total. The summed E-state index contributed by atoms with van der Waals surface area (Å²) >= 11 is 4.87. The molecule has 0 saturated heterocycles. The molecule has 1 heterocycles. The van der Waals surface area contributed by atoms with Crippen LogP contribution in [0.4, 0.5) is 5.82 Å². The van der Waals surface area contributed by atoms with Gasteiger partial charge in [0, 0.05) is 25.4 Å². The van der Waals surface area contributed by atoms with Gasteiger partial charge in [0.1, 0.15) is 10.8 Å². The second-order valence-electron chi connectivity index (χ2n) is 4.39. The fraction of sp³-hybridized carbons (Fsp3) is 0.500. The maximum Gasteiger partial charge on any atom is 0.126 e. The van der Waals surface area contributed by atoms with E-state index < -0.39 is 0 Å². The lowest BCUT2D eigenvalue weighted by Crippen LogP contribution is -2.45. The van der Waals surface area contributed by atoms with E-state index >= 15 is 0 Å². The van der Waals surface area contributed by atoms with E-state index in [4.69, 9.17) is 22.7 Å². The number of nitrogens with zero attached hydrogens (tertiary/aromatic N) is 1. The summed E-state index contributed by atoms with van der Waals surface area (Å²) in [6.07, 6.45) is 5.15. The van der Waals surface area contributed by atoms with Crippen molar-refractivity contribution in [2.45, 2.75) is 24.9 Å². The van der Waals surface area contributed by atoms with Crippen LogP contribution in [0.3, 0.4) is 0 Å². The summed E-state index contributed by atoms with van der Waals surface area (Å²) in [5.74, 6) is 0.827. The molecule has 92 valence electrons. The molecule has 0 bridgehead atoms. The van der Waals surface area contributed by atoms with Crippen molar-refractivity contribution in [2.24, 2.45) is 5.73 Å². The fourth-order valence-corrected chi connectivity index (χ4v) is 2.04. The smallest absolute Gasteiger partial charge is 0.126 e. The van der Waals surface area contributed by atoms with Crippen molar-refractivity contribution < 1.29 is 4.74 Å². The lowest BCUT2D eigenvalue weighted by molar-refractivity contribution is -0.0601. The first-order valence-corrected chi connectivity index (χ1v) is 6.11. The standard InChI is InChI=1S/C12H17N3OS/c1-16-12(5-2-6-12)8-15-10-4-3-9(7-14-10)11(13)17/h3-4,7H,2,5-6,8H2,1H3,(H2,13,17)(H,14,15). The predicted molar refractivity (Wildman–Crippen MR) is 72.2 cm³/mol. The van der Waals surface area contributed by atoms with E-state index in [1.165, 1.54) is 6.42 Å². The van der Waals surface area contributed by atoms with E-state index in [1.54, 1.807) is 13.3 Å². The Morgan fingerprint density at radius 3 is 2.76 bits per heavy atom. The Hall–Kier alpha value is -1.20. The third-order valence-corrected chi connectivity index (χ3v) is 3.57. The summed E-state index contributed by atoms with van der Waals surface area (Å²) in [6.45, 7) is 0.795. The van der Waals surface area contributed by atoms with Crippen LogP contribution in [0.2, 0.25) is 0 Å². The number of hydrogen-bond donors (Lipinski definition) is 2. The molecule has 4 nitrogen and oxygen atoms in total. The number of aromatic nitrogens is 1. The van der Waals surface area contributed by atoms with Gasteiger partial charge in [0.05, 0.1) is 5.60 Å². The van der Waals surface area contributed by atoms with E-state index in [1.807, 2.05) is 12.1 Å². The third-order valence-electron chi connectivity index (χ3n) is 3.34. The molecule has 1 aliphatic rings. The minimum atomic E-state index is 0.00349. The van der Waals surface area contributed by atoms with E-state index in [0.29, 0.717) is 4.99 Å². The Balaban J connectivity index is 1.93. The molecule has 0 spiro atoms. The molecule has 1 fully saturated rings. The van der Waals surface area contributed by atoms with Gasteiger partial charge in [-0.2, -0.15) is 0 Å². The monoisotopic (exact) mass is 251 g/mol. The maximum absolute atomic E-state index is 5.53. The molecule has 0 radical (unpaired) electrons. The number of thiocarbonyl (C=S) groups is 1. The van der Waals surface area contributed by atoms with Crippen molar-refractivity contribution >= 4 is 23.0 Å². The van der Waals surface area contributed by atoms with Gasteiger partial charge in [0.2, 0.25) is 0 Å². The highest BCUT2D eigenvalue weighted by atomic mass is 32.1. The van der Waals surface area contributed by atoms with Crippen molar-refractivity contribution in [2.75, 3.05) is 19.0 Å². The zero-order valence-corrected chi connectivity index (χ0v) is 10.7. The summed E-state index contributed by atoms with van der Waals surface area (Å²) in [4.78, 5) is 4.63. The first kappa shape index (κ1) is 12.3. The third kappa shape index (κ3) is 2.73. The zero-order valence-electron chi connectivity index (χ0n) is 9.90. The molecule has 0 aromatic carbocycles. The van der Waals surface area contributed by atoms with Crippen molar-refractivity contribution in [3.05, 3.63) is 23.9 Å². The van der Waals surface area contributed by atoms with Gasteiger partial charge in [-0.1, -0.05) is 12.2 Å². The van der Waals surface area contributed by atoms with Gasteiger partial charge >= 0.3 is 0 Å². The SMILES string of the molecule is COC1(CNc2ccc(C(N)=S)cn2)CCC1. The highest BCUT2D eigenvalue weighted by Gasteiger charge is 2.36. The highest BCUT2D eigenvalue weighted by Crippen LogP contribution is 2.34. The molecular weight excluding hydrogens is 234 g/mol. The van der Waals surface area contributed by atoms with Crippen LogP contribution in [-0.2, 0) is 4.74 Å². The number of anilines is 1. The van der Waals surface area contributed by atoms with Crippen LogP contribution in [0.15, 0.2) is 18.3 Å². The molecule has 0 unspecified atom stereocenters. The first-order valence-electron chi connectivity index (χ1n) is 5.70. The molecule has 1 aromatic rings. The van der Waals surface area contributed by atoms with Crippen LogP contribution in [0.1, 0.15) is 24.8 Å². The largest absolute Gasteiger partial charge is 0.389 e. The van der Waals surface area contributed by atoms with E-state index in [2.05, 4.69) is 10.3 Å². The van der Waals surface area contributed by atoms with Gasteiger partial charge in [-0.3, -0.25) is 0 Å². The molecule has 17 heavy (non-hydrogen) atoms. The number of pyridine rings is 1. The Morgan fingerprint density at radius 1 is 1.59 bits per heavy atom. The number of nitrogens with one attached hydrogen (secondary N) is 1. The van der Waals surface area contributed by atoms with Gasteiger partial charge in [-0.05, 0) is 31.4 Å². The highest BCUT2D eigenvalue weighted by molar-refractivity contribution is 7.80. The topological polar surface area (TPSA) is 60.2 Å². The van der Waals surface area contributed by atoms with Crippen molar-refractivity contribution in [1.29, 1.82) is 0 Å². The minimum absolute atomic E-state index is 0.00349. The van der Waals surface area contributed by atoms with E-state index in [0.717, 1.165) is 30.8 Å². The average molecular weight is 251 g/mol. The van der Waals surface area contributed by atoms with Gasteiger partial charge < -0.3 is 15.8 Å². The molecular formula is C12H17N3OS. The van der Waals surface area contributed by atoms with Gasteiger partial charge in [-0.15, -0.1) is 0 Å². The zero-order chi connectivity index (χ0) is 12.3. The van der Waals surface area contributed by atoms with E-state index in [-0.39, 0.29) is 5.60 Å². The number of hydrogen-bond acceptors (Lipinski definition) is 4. The number of rotatable bonds is 5.